The minimum absolute atomic E-state index is 0.0309. The van der Waals surface area contributed by atoms with Crippen molar-refractivity contribution in [1.29, 1.82) is 5.41 Å². The first-order valence-corrected chi connectivity index (χ1v) is 5.40. The zero-order valence-electron chi connectivity index (χ0n) is 9.77. The summed E-state index contributed by atoms with van der Waals surface area (Å²) in [5.41, 5.74) is 12.6. The second kappa shape index (κ2) is 6.00. The summed E-state index contributed by atoms with van der Waals surface area (Å²) in [7, 11) is 0. The zero-order valence-corrected chi connectivity index (χ0v) is 9.77. The fourth-order valence-electron chi connectivity index (χ4n) is 1.53. The highest BCUT2D eigenvalue weighted by Gasteiger charge is 2.17. The molecule has 1 aromatic carbocycles. The summed E-state index contributed by atoms with van der Waals surface area (Å²) in [6.07, 6.45) is 0.314. The summed E-state index contributed by atoms with van der Waals surface area (Å²) in [4.78, 5) is 11.4. The molecule has 0 bridgehead atoms. The number of hydrogen-bond donors (Lipinski definition) is 3. The molecule has 1 unspecified atom stereocenters. The maximum Gasteiger partial charge on any atom is 0.323 e. The lowest BCUT2D eigenvalue weighted by molar-refractivity contribution is -0.144. The Kier molecular flexibility index (Phi) is 4.66. The molecule has 1 aromatic rings. The van der Waals surface area contributed by atoms with Crippen LogP contribution in [-0.4, -0.2) is 24.5 Å². The van der Waals surface area contributed by atoms with Gasteiger partial charge in [-0.25, -0.2) is 0 Å². The highest BCUT2D eigenvalue weighted by Crippen LogP contribution is 2.10. The Labute approximate surface area is 100 Å². The Morgan fingerprint density at radius 3 is 2.71 bits per heavy atom. The predicted molar refractivity (Wildman–Crippen MR) is 65.8 cm³/mol. The molecule has 0 aliphatic rings. The van der Waals surface area contributed by atoms with Gasteiger partial charge in [0, 0.05) is 5.56 Å². The molecule has 0 radical (unpaired) electrons. The van der Waals surface area contributed by atoms with Crippen molar-refractivity contribution in [2.75, 3.05) is 6.61 Å². The van der Waals surface area contributed by atoms with Gasteiger partial charge in [0.15, 0.2) is 0 Å². The number of nitrogens with two attached hydrogens (primary N) is 2. The highest BCUT2D eigenvalue weighted by atomic mass is 16.5. The molecular weight excluding hydrogens is 218 g/mol. The summed E-state index contributed by atoms with van der Waals surface area (Å²) >= 11 is 0. The van der Waals surface area contributed by atoms with E-state index in [1.807, 2.05) is 6.07 Å². The third-order valence-electron chi connectivity index (χ3n) is 2.34. The molecule has 0 aliphatic heterocycles. The van der Waals surface area contributed by atoms with Crippen molar-refractivity contribution in [3.63, 3.8) is 0 Å². The lowest BCUT2D eigenvalue weighted by Crippen LogP contribution is -2.35. The summed E-state index contributed by atoms with van der Waals surface area (Å²) in [6.45, 7) is 2.04. The fraction of sp³-hybridized carbons (Fsp3) is 0.333. The van der Waals surface area contributed by atoms with Crippen LogP contribution in [0.1, 0.15) is 18.1 Å². The monoisotopic (exact) mass is 235 g/mol. The van der Waals surface area contributed by atoms with E-state index in [9.17, 15) is 4.79 Å². The van der Waals surface area contributed by atoms with E-state index in [-0.39, 0.29) is 5.84 Å². The van der Waals surface area contributed by atoms with Crippen LogP contribution in [0.4, 0.5) is 0 Å². The molecule has 0 aromatic heterocycles. The minimum Gasteiger partial charge on any atom is -0.465 e. The molecule has 0 amide bonds. The van der Waals surface area contributed by atoms with Crippen molar-refractivity contribution in [3.8, 4) is 0 Å². The van der Waals surface area contributed by atoms with Gasteiger partial charge in [-0.15, -0.1) is 0 Å². The Hall–Kier alpha value is -1.88. The first-order chi connectivity index (χ1) is 8.06. The van der Waals surface area contributed by atoms with E-state index in [1.54, 1.807) is 25.1 Å². The molecule has 0 fully saturated rings. The number of amidine groups is 1. The summed E-state index contributed by atoms with van der Waals surface area (Å²) < 4.78 is 4.83. The van der Waals surface area contributed by atoms with E-state index in [0.29, 0.717) is 18.6 Å². The first-order valence-electron chi connectivity index (χ1n) is 5.40. The highest BCUT2D eigenvalue weighted by molar-refractivity contribution is 5.96. The largest absolute Gasteiger partial charge is 0.465 e. The zero-order chi connectivity index (χ0) is 12.8. The van der Waals surface area contributed by atoms with E-state index < -0.39 is 12.0 Å². The smallest absolute Gasteiger partial charge is 0.323 e. The average molecular weight is 235 g/mol. The topological polar surface area (TPSA) is 102 Å². The van der Waals surface area contributed by atoms with E-state index in [1.165, 1.54) is 0 Å². The van der Waals surface area contributed by atoms with Crippen LogP contribution in [0.25, 0.3) is 0 Å². The van der Waals surface area contributed by atoms with Gasteiger partial charge < -0.3 is 16.2 Å². The number of carbonyl (C=O) groups excluding carboxylic acids is 1. The minimum atomic E-state index is -0.726. The van der Waals surface area contributed by atoms with Crippen molar-refractivity contribution in [1.82, 2.24) is 0 Å². The average Bonchev–Trinajstić information content (AvgIpc) is 2.29. The number of esters is 1. The van der Waals surface area contributed by atoms with Crippen molar-refractivity contribution in [3.05, 3.63) is 35.4 Å². The van der Waals surface area contributed by atoms with Crippen molar-refractivity contribution in [2.24, 2.45) is 11.5 Å². The second-order valence-corrected chi connectivity index (χ2v) is 3.63. The SMILES string of the molecule is CCOC(=O)C(N)Cc1ccccc1C(=N)N. The summed E-state index contributed by atoms with van der Waals surface area (Å²) in [5, 5.41) is 7.43. The van der Waals surface area contributed by atoms with Crippen LogP contribution >= 0.6 is 0 Å². The molecule has 5 heteroatoms. The van der Waals surface area contributed by atoms with Gasteiger partial charge >= 0.3 is 5.97 Å². The van der Waals surface area contributed by atoms with Gasteiger partial charge in [0.25, 0.3) is 0 Å². The fourth-order valence-corrected chi connectivity index (χ4v) is 1.53. The Balaban J connectivity index is 2.81. The lowest BCUT2D eigenvalue weighted by atomic mass is 10.00. The Morgan fingerprint density at radius 1 is 1.47 bits per heavy atom. The molecule has 5 N–H and O–H groups in total. The van der Waals surface area contributed by atoms with Gasteiger partial charge in [-0.2, -0.15) is 0 Å². The number of rotatable bonds is 5. The quantitative estimate of drug-likeness (QED) is 0.390. The lowest BCUT2D eigenvalue weighted by Gasteiger charge is -2.13. The maximum absolute atomic E-state index is 11.4. The van der Waals surface area contributed by atoms with E-state index >= 15 is 0 Å². The van der Waals surface area contributed by atoms with Crippen LogP contribution in [-0.2, 0) is 16.0 Å². The number of carbonyl (C=O) groups is 1. The molecule has 0 heterocycles. The van der Waals surface area contributed by atoms with Crippen LogP contribution in [0, 0.1) is 5.41 Å². The van der Waals surface area contributed by atoms with Gasteiger partial charge in [0.1, 0.15) is 11.9 Å². The molecular formula is C12H17N3O2. The van der Waals surface area contributed by atoms with Gasteiger partial charge in [-0.05, 0) is 18.9 Å². The molecule has 5 nitrogen and oxygen atoms in total. The number of benzene rings is 1. The van der Waals surface area contributed by atoms with Crippen LogP contribution < -0.4 is 11.5 Å². The molecule has 0 spiro atoms. The number of nitrogens with one attached hydrogen (secondary N) is 1. The van der Waals surface area contributed by atoms with Gasteiger partial charge in [-0.3, -0.25) is 10.2 Å². The first kappa shape index (κ1) is 13.2. The molecule has 1 rings (SSSR count). The third-order valence-corrected chi connectivity index (χ3v) is 2.34. The van der Waals surface area contributed by atoms with Crippen molar-refractivity contribution in [2.45, 2.75) is 19.4 Å². The Bertz CT molecular complexity index is 418. The molecule has 17 heavy (non-hydrogen) atoms. The van der Waals surface area contributed by atoms with Crippen LogP contribution in [0.2, 0.25) is 0 Å². The second-order valence-electron chi connectivity index (χ2n) is 3.63. The van der Waals surface area contributed by atoms with E-state index in [2.05, 4.69) is 0 Å². The number of nitrogen functional groups attached to an aromatic ring is 1. The van der Waals surface area contributed by atoms with Crippen molar-refractivity contribution >= 4 is 11.8 Å². The molecule has 0 saturated heterocycles. The standard InChI is InChI=1S/C12H17N3O2/c1-2-17-12(16)10(13)7-8-5-3-4-6-9(8)11(14)15/h3-6,10H,2,7,13H2,1H3,(H3,14,15). The number of hydrogen-bond acceptors (Lipinski definition) is 4. The van der Waals surface area contributed by atoms with Crippen LogP contribution in [0.3, 0.4) is 0 Å². The van der Waals surface area contributed by atoms with Crippen LogP contribution in [0.5, 0.6) is 0 Å². The molecule has 1 atom stereocenters. The summed E-state index contributed by atoms with van der Waals surface area (Å²) in [6, 6.07) is 6.41. The maximum atomic E-state index is 11.4. The normalized spacial score (nSPS) is 11.9. The third kappa shape index (κ3) is 3.57. The summed E-state index contributed by atoms with van der Waals surface area (Å²) in [5.74, 6) is -0.470. The molecule has 92 valence electrons. The van der Waals surface area contributed by atoms with E-state index in [0.717, 1.165) is 5.56 Å². The molecule has 0 saturated carbocycles. The van der Waals surface area contributed by atoms with Crippen molar-refractivity contribution < 1.29 is 9.53 Å². The van der Waals surface area contributed by atoms with Gasteiger partial charge in [0.05, 0.1) is 6.61 Å². The molecule has 0 aliphatic carbocycles. The van der Waals surface area contributed by atoms with Gasteiger partial charge in [0.2, 0.25) is 0 Å². The predicted octanol–water partition coefficient (Wildman–Crippen LogP) is 0.404. The van der Waals surface area contributed by atoms with E-state index in [4.69, 9.17) is 21.6 Å². The number of ether oxygens (including phenoxy) is 1. The Morgan fingerprint density at radius 2 is 2.12 bits per heavy atom. The van der Waals surface area contributed by atoms with Crippen LogP contribution in [0.15, 0.2) is 24.3 Å². The van der Waals surface area contributed by atoms with Gasteiger partial charge in [-0.1, -0.05) is 24.3 Å².